The monoisotopic (exact) mass is 154 g/mol. The van der Waals surface area contributed by atoms with E-state index in [1.807, 2.05) is 0 Å². The molecule has 0 amide bonds. The van der Waals surface area contributed by atoms with Crippen molar-refractivity contribution in [2.24, 2.45) is 11.7 Å². The van der Waals surface area contributed by atoms with Crippen LogP contribution in [0.1, 0.15) is 13.3 Å². The number of rotatable bonds is 3. The molecule has 2 heteroatoms. The summed E-state index contributed by atoms with van der Waals surface area (Å²) in [5, 5.41) is 0. The second kappa shape index (κ2) is 4.52. The average molecular weight is 154 g/mol. The maximum absolute atomic E-state index is 5.54. The van der Waals surface area contributed by atoms with E-state index in [2.05, 4.69) is 24.0 Å². The van der Waals surface area contributed by atoms with E-state index in [0.29, 0.717) is 5.92 Å². The Bertz CT molecular complexity index is 132. The Kier molecular flexibility index (Phi) is 3.60. The summed E-state index contributed by atoms with van der Waals surface area (Å²) in [4.78, 5) is 2.46. The van der Waals surface area contributed by atoms with E-state index < -0.39 is 0 Å². The second-order valence-electron chi connectivity index (χ2n) is 3.36. The molecule has 0 saturated carbocycles. The van der Waals surface area contributed by atoms with Gasteiger partial charge >= 0.3 is 0 Å². The van der Waals surface area contributed by atoms with Gasteiger partial charge in [0.15, 0.2) is 0 Å². The summed E-state index contributed by atoms with van der Waals surface area (Å²) in [6.45, 7) is 6.49. The number of hydrogen-bond acceptors (Lipinski definition) is 2. The fraction of sp³-hybridized carbons (Fsp3) is 0.778. The van der Waals surface area contributed by atoms with E-state index in [9.17, 15) is 0 Å². The van der Waals surface area contributed by atoms with Crippen molar-refractivity contribution in [1.29, 1.82) is 0 Å². The van der Waals surface area contributed by atoms with Crippen LogP contribution >= 0.6 is 0 Å². The average Bonchev–Trinajstić information content (AvgIpc) is 2.06. The van der Waals surface area contributed by atoms with Gasteiger partial charge < -0.3 is 5.73 Å². The Morgan fingerprint density at radius 2 is 2.36 bits per heavy atom. The first-order chi connectivity index (χ1) is 5.33. The quantitative estimate of drug-likeness (QED) is 0.610. The molecule has 0 spiro atoms. The van der Waals surface area contributed by atoms with Crippen LogP contribution in [-0.2, 0) is 0 Å². The standard InChI is InChI=1S/C9H18N2/c1-9(7-10)8-11-5-3-2-4-6-11/h2-3,9H,4-8,10H2,1H3. The van der Waals surface area contributed by atoms with Crippen molar-refractivity contribution in [2.75, 3.05) is 26.2 Å². The van der Waals surface area contributed by atoms with Crippen LogP contribution in [0, 0.1) is 5.92 Å². The van der Waals surface area contributed by atoms with E-state index in [1.54, 1.807) is 0 Å². The molecule has 1 unspecified atom stereocenters. The smallest absolute Gasteiger partial charge is 0.0163 e. The Labute approximate surface area is 69.1 Å². The maximum Gasteiger partial charge on any atom is 0.0163 e. The first-order valence-corrected chi connectivity index (χ1v) is 4.40. The molecule has 2 nitrogen and oxygen atoms in total. The minimum Gasteiger partial charge on any atom is -0.330 e. The summed E-state index contributed by atoms with van der Waals surface area (Å²) >= 11 is 0. The number of nitrogens with zero attached hydrogens (tertiary/aromatic N) is 1. The van der Waals surface area contributed by atoms with Crippen LogP contribution in [0.4, 0.5) is 0 Å². The third-order valence-electron chi connectivity index (χ3n) is 2.11. The zero-order chi connectivity index (χ0) is 8.10. The van der Waals surface area contributed by atoms with Gasteiger partial charge in [0.2, 0.25) is 0 Å². The van der Waals surface area contributed by atoms with Crippen LogP contribution in [0.5, 0.6) is 0 Å². The SMILES string of the molecule is CC(CN)CN1CC=CCC1. The fourth-order valence-electron chi connectivity index (χ4n) is 1.37. The van der Waals surface area contributed by atoms with Crippen LogP contribution < -0.4 is 5.73 Å². The topological polar surface area (TPSA) is 29.3 Å². The van der Waals surface area contributed by atoms with E-state index in [1.165, 1.54) is 13.0 Å². The van der Waals surface area contributed by atoms with Gasteiger partial charge in [-0.3, -0.25) is 4.90 Å². The summed E-state index contributed by atoms with van der Waals surface area (Å²) in [5.41, 5.74) is 5.54. The van der Waals surface area contributed by atoms with Gasteiger partial charge in [-0.15, -0.1) is 0 Å². The van der Waals surface area contributed by atoms with E-state index in [-0.39, 0.29) is 0 Å². The summed E-state index contributed by atoms with van der Waals surface area (Å²) in [5.74, 6) is 0.640. The molecule has 0 fully saturated rings. The van der Waals surface area contributed by atoms with Gasteiger partial charge in [-0.05, 0) is 18.9 Å². The van der Waals surface area contributed by atoms with Crippen LogP contribution in [0.25, 0.3) is 0 Å². The molecule has 1 rings (SSSR count). The van der Waals surface area contributed by atoms with Gasteiger partial charge in [0.25, 0.3) is 0 Å². The Balaban J connectivity index is 2.20. The summed E-state index contributed by atoms with van der Waals surface area (Å²) in [7, 11) is 0. The first kappa shape index (κ1) is 8.75. The molecule has 11 heavy (non-hydrogen) atoms. The van der Waals surface area contributed by atoms with Crippen molar-refractivity contribution in [3.63, 3.8) is 0 Å². The first-order valence-electron chi connectivity index (χ1n) is 4.40. The Morgan fingerprint density at radius 1 is 1.55 bits per heavy atom. The highest BCUT2D eigenvalue weighted by atomic mass is 15.1. The lowest BCUT2D eigenvalue weighted by Gasteiger charge is -2.25. The van der Waals surface area contributed by atoms with Gasteiger partial charge in [0, 0.05) is 19.6 Å². The molecule has 0 aromatic rings. The van der Waals surface area contributed by atoms with Gasteiger partial charge in [-0.25, -0.2) is 0 Å². The lowest BCUT2D eigenvalue weighted by Crippen LogP contribution is -2.33. The Morgan fingerprint density at radius 3 is 2.91 bits per heavy atom. The molecule has 0 saturated heterocycles. The molecule has 0 radical (unpaired) electrons. The zero-order valence-corrected chi connectivity index (χ0v) is 7.29. The molecule has 0 aliphatic carbocycles. The number of nitrogens with two attached hydrogens (primary N) is 1. The molecule has 2 N–H and O–H groups in total. The lowest BCUT2D eigenvalue weighted by atomic mass is 10.1. The highest BCUT2D eigenvalue weighted by molar-refractivity contribution is 4.90. The van der Waals surface area contributed by atoms with Crippen molar-refractivity contribution >= 4 is 0 Å². The van der Waals surface area contributed by atoms with Crippen molar-refractivity contribution < 1.29 is 0 Å². The largest absolute Gasteiger partial charge is 0.330 e. The van der Waals surface area contributed by atoms with Crippen LogP contribution in [0.15, 0.2) is 12.2 Å². The van der Waals surface area contributed by atoms with E-state index in [0.717, 1.165) is 19.6 Å². The predicted molar refractivity (Wildman–Crippen MR) is 48.4 cm³/mol. The molecule has 64 valence electrons. The molecule has 0 aromatic heterocycles. The minimum atomic E-state index is 0.640. The molecule has 1 aliphatic rings. The van der Waals surface area contributed by atoms with Gasteiger partial charge in [0.1, 0.15) is 0 Å². The van der Waals surface area contributed by atoms with Crippen molar-refractivity contribution in [3.8, 4) is 0 Å². The van der Waals surface area contributed by atoms with Gasteiger partial charge in [0.05, 0.1) is 0 Å². The molecule has 0 bridgehead atoms. The Hall–Kier alpha value is -0.340. The van der Waals surface area contributed by atoms with Crippen LogP contribution in [0.3, 0.4) is 0 Å². The van der Waals surface area contributed by atoms with E-state index >= 15 is 0 Å². The normalized spacial score (nSPS) is 22.0. The maximum atomic E-state index is 5.54. The minimum absolute atomic E-state index is 0.640. The summed E-state index contributed by atoms with van der Waals surface area (Å²) < 4.78 is 0. The molecule has 1 atom stereocenters. The molecule has 0 aromatic carbocycles. The number of hydrogen-bond donors (Lipinski definition) is 1. The summed E-state index contributed by atoms with van der Waals surface area (Å²) in [6.07, 6.45) is 5.70. The van der Waals surface area contributed by atoms with Crippen molar-refractivity contribution in [2.45, 2.75) is 13.3 Å². The van der Waals surface area contributed by atoms with Crippen molar-refractivity contribution in [1.82, 2.24) is 4.90 Å². The molecule has 1 aliphatic heterocycles. The highest BCUT2D eigenvalue weighted by Gasteiger charge is 2.08. The third-order valence-corrected chi connectivity index (χ3v) is 2.11. The molecule has 1 heterocycles. The fourth-order valence-corrected chi connectivity index (χ4v) is 1.37. The second-order valence-corrected chi connectivity index (χ2v) is 3.36. The highest BCUT2D eigenvalue weighted by Crippen LogP contribution is 2.04. The van der Waals surface area contributed by atoms with Crippen molar-refractivity contribution in [3.05, 3.63) is 12.2 Å². The van der Waals surface area contributed by atoms with Crippen LogP contribution in [0.2, 0.25) is 0 Å². The van der Waals surface area contributed by atoms with Crippen LogP contribution in [-0.4, -0.2) is 31.1 Å². The summed E-state index contributed by atoms with van der Waals surface area (Å²) in [6, 6.07) is 0. The lowest BCUT2D eigenvalue weighted by molar-refractivity contribution is 0.260. The zero-order valence-electron chi connectivity index (χ0n) is 7.29. The third kappa shape index (κ3) is 3.04. The van der Waals surface area contributed by atoms with Gasteiger partial charge in [-0.1, -0.05) is 19.1 Å². The predicted octanol–water partition coefficient (Wildman–Crippen LogP) is 0.843. The molecular formula is C9H18N2. The van der Waals surface area contributed by atoms with E-state index in [4.69, 9.17) is 5.73 Å². The molecular weight excluding hydrogens is 136 g/mol. The van der Waals surface area contributed by atoms with Gasteiger partial charge in [-0.2, -0.15) is 0 Å².